The maximum absolute atomic E-state index is 12.9. The molecular formula is C25H28N4O3S. The molecule has 8 heteroatoms. The number of hydrogen-bond donors (Lipinski definition) is 1. The van der Waals surface area contributed by atoms with E-state index in [-0.39, 0.29) is 5.91 Å². The van der Waals surface area contributed by atoms with Gasteiger partial charge < -0.3 is 5.32 Å². The van der Waals surface area contributed by atoms with Gasteiger partial charge in [-0.2, -0.15) is 4.31 Å². The highest BCUT2D eigenvalue weighted by atomic mass is 32.2. The Morgan fingerprint density at radius 3 is 2.27 bits per heavy atom. The van der Waals surface area contributed by atoms with Crippen molar-refractivity contribution < 1.29 is 13.2 Å². The lowest BCUT2D eigenvalue weighted by atomic mass is 10.1. The standard InChI is InChI=1S/C25H28N4O3S/c1-20-5-11-24(12-6-20)33(31,32)29-16-14-28(15-17-29)19-21-7-9-22(10-8-21)25(30)27-18-23-4-2-3-13-26-23/h2-13H,14-19H2,1H3,(H,27,30). The smallest absolute Gasteiger partial charge is 0.251 e. The molecule has 2 aromatic carbocycles. The Morgan fingerprint density at radius 2 is 1.64 bits per heavy atom. The minimum atomic E-state index is -3.46. The van der Waals surface area contributed by atoms with Gasteiger partial charge in [-0.15, -0.1) is 0 Å². The molecule has 1 N–H and O–H groups in total. The van der Waals surface area contributed by atoms with Gasteiger partial charge in [0, 0.05) is 44.5 Å². The van der Waals surface area contributed by atoms with Crippen LogP contribution in [0.15, 0.2) is 77.8 Å². The highest BCUT2D eigenvalue weighted by molar-refractivity contribution is 7.89. The molecule has 0 saturated carbocycles. The molecule has 1 fully saturated rings. The first-order chi connectivity index (χ1) is 15.9. The Bertz CT molecular complexity index is 1170. The lowest BCUT2D eigenvalue weighted by Gasteiger charge is -2.34. The average Bonchev–Trinajstić information content (AvgIpc) is 2.84. The fourth-order valence-corrected chi connectivity index (χ4v) is 5.20. The molecule has 0 bridgehead atoms. The van der Waals surface area contributed by atoms with Crippen LogP contribution in [0, 0.1) is 6.92 Å². The fraction of sp³-hybridized carbons (Fsp3) is 0.280. The number of sulfonamides is 1. The topological polar surface area (TPSA) is 82.6 Å². The third kappa shape index (κ3) is 5.84. The Morgan fingerprint density at radius 1 is 0.939 bits per heavy atom. The summed E-state index contributed by atoms with van der Waals surface area (Å²) in [5.41, 5.74) is 3.54. The predicted molar refractivity (Wildman–Crippen MR) is 127 cm³/mol. The van der Waals surface area contributed by atoms with E-state index in [1.165, 1.54) is 0 Å². The van der Waals surface area contributed by atoms with Crippen molar-refractivity contribution in [2.75, 3.05) is 26.2 Å². The molecule has 1 saturated heterocycles. The molecule has 1 aliphatic rings. The summed E-state index contributed by atoms with van der Waals surface area (Å²) in [6.07, 6.45) is 1.70. The summed E-state index contributed by atoms with van der Waals surface area (Å²) in [5, 5.41) is 2.88. The summed E-state index contributed by atoms with van der Waals surface area (Å²) < 4.78 is 27.3. The first kappa shape index (κ1) is 23.1. The number of hydrogen-bond acceptors (Lipinski definition) is 5. The van der Waals surface area contributed by atoms with E-state index in [2.05, 4.69) is 15.2 Å². The maximum Gasteiger partial charge on any atom is 0.251 e. The predicted octanol–water partition coefficient (Wildman–Crippen LogP) is 2.83. The highest BCUT2D eigenvalue weighted by Crippen LogP contribution is 2.19. The van der Waals surface area contributed by atoms with Gasteiger partial charge in [-0.25, -0.2) is 8.42 Å². The Labute approximate surface area is 195 Å². The van der Waals surface area contributed by atoms with Gasteiger partial charge >= 0.3 is 0 Å². The molecular weight excluding hydrogens is 436 g/mol. The van der Waals surface area contributed by atoms with Crippen LogP contribution in [0.25, 0.3) is 0 Å². The van der Waals surface area contributed by atoms with Crippen molar-refractivity contribution in [3.05, 3.63) is 95.3 Å². The number of piperazine rings is 1. The summed E-state index contributed by atoms with van der Waals surface area (Å²) in [6, 6.07) is 20.1. The number of carbonyl (C=O) groups is 1. The Kier molecular flexibility index (Phi) is 7.17. The molecule has 0 radical (unpaired) electrons. The second-order valence-corrected chi connectivity index (χ2v) is 10.1. The normalized spacial score (nSPS) is 15.3. The van der Waals surface area contributed by atoms with Crippen molar-refractivity contribution in [2.45, 2.75) is 24.9 Å². The minimum absolute atomic E-state index is 0.137. The van der Waals surface area contributed by atoms with Crippen LogP contribution in [-0.4, -0.2) is 54.7 Å². The van der Waals surface area contributed by atoms with Crippen LogP contribution >= 0.6 is 0 Å². The van der Waals surface area contributed by atoms with Crippen LogP contribution in [0.3, 0.4) is 0 Å². The molecule has 172 valence electrons. The number of amides is 1. The van der Waals surface area contributed by atoms with Crippen LogP contribution in [-0.2, 0) is 23.1 Å². The molecule has 0 unspecified atom stereocenters. The van der Waals surface area contributed by atoms with Crippen LogP contribution in [0.5, 0.6) is 0 Å². The number of pyridine rings is 1. The van der Waals surface area contributed by atoms with Crippen LogP contribution in [0.1, 0.15) is 27.2 Å². The second-order valence-electron chi connectivity index (χ2n) is 8.19. The van der Waals surface area contributed by atoms with E-state index < -0.39 is 10.0 Å². The van der Waals surface area contributed by atoms with E-state index in [0.717, 1.165) is 16.8 Å². The van der Waals surface area contributed by atoms with Gasteiger partial charge in [0.2, 0.25) is 10.0 Å². The molecule has 1 aliphatic heterocycles. The van der Waals surface area contributed by atoms with Crippen molar-refractivity contribution in [3.63, 3.8) is 0 Å². The summed E-state index contributed by atoms with van der Waals surface area (Å²) >= 11 is 0. The molecule has 4 rings (SSSR count). The largest absolute Gasteiger partial charge is 0.346 e. The van der Waals surface area contributed by atoms with E-state index in [4.69, 9.17) is 0 Å². The van der Waals surface area contributed by atoms with Gasteiger partial charge in [0.05, 0.1) is 17.1 Å². The quantitative estimate of drug-likeness (QED) is 0.581. The molecule has 0 spiro atoms. The Hall–Kier alpha value is -3.07. The van der Waals surface area contributed by atoms with Crippen molar-refractivity contribution in [1.82, 2.24) is 19.5 Å². The van der Waals surface area contributed by atoms with Gasteiger partial charge in [-0.05, 0) is 48.9 Å². The lowest BCUT2D eigenvalue weighted by Crippen LogP contribution is -2.48. The van der Waals surface area contributed by atoms with E-state index in [0.29, 0.717) is 49.7 Å². The fourth-order valence-electron chi connectivity index (χ4n) is 3.78. The Balaban J connectivity index is 1.28. The van der Waals surface area contributed by atoms with E-state index in [9.17, 15) is 13.2 Å². The summed E-state index contributed by atoms with van der Waals surface area (Å²) in [4.78, 5) is 19.2. The zero-order valence-electron chi connectivity index (χ0n) is 18.6. The molecule has 2 heterocycles. The van der Waals surface area contributed by atoms with Crippen LogP contribution in [0.2, 0.25) is 0 Å². The number of rotatable bonds is 7. The van der Waals surface area contributed by atoms with Crippen LogP contribution in [0.4, 0.5) is 0 Å². The van der Waals surface area contributed by atoms with Crippen molar-refractivity contribution in [1.29, 1.82) is 0 Å². The third-order valence-electron chi connectivity index (χ3n) is 5.77. The number of aryl methyl sites for hydroxylation is 1. The van der Waals surface area contributed by atoms with E-state index in [1.54, 1.807) is 22.6 Å². The van der Waals surface area contributed by atoms with E-state index >= 15 is 0 Å². The molecule has 0 atom stereocenters. The zero-order chi connectivity index (χ0) is 23.3. The molecule has 3 aromatic rings. The van der Waals surface area contributed by atoms with Gasteiger partial charge in [0.1, 0.15) is 0 Å². The summed E-state index contributed by atoms with van der Waals surface area (Å²) in [5.74, 6) is -0.137. The monoisotopic (exact) mass is 464 g/mol. The molecule has 1 amide bonds. The summed E-state index contributed by atoms with van der Waals surface area (Å²) in [7, 11) is -3.46. The lowest BCUT2D eigenvalue weighted by molar-refractivity contribution is 0.0950. The van der Waals surface area contributed by atoms with Gasteiger partial charge in [-0.3, -0.25) is 14.7 Å². The van der Waals surface area contributed by atoms with Crippen molar-refractivity contribution in [2.24, 2.45) is 0 Å². The maximum atomic E-state index is 12.9. The number of benzene rings is 2. The molecule has 33 heavy (non-hydrogen) atoms. The van der Waals surface area contributed by atoms with Crippen LogP contribution < -0.4 is 5.32 Å². The second kappa shape index (κ2) is 10.2. The zero-order valence-corrected chi connectivity index (χ0v) is 19.5. The van der Waals surface area contributed by atoms with Crippen molar-refractivity contribution in [3.8, 4) is 0 Å². The van der Waals surface area contributed by atoms with Gasteiger partial charge in [0.25, 0.3) is 5.91 Å². The molecule has 0 aliphatic carbocycles. The average molecular weight is 465 g/mol. The number of nitrogens with zero attached hydrogens (tertiary/aromatic N) is 3. The summed E-state index contributed by atoms with van der Waals surface area (Å²) in [6.45, 7) is 5.30. The van der Waals surface area contributed by atoms with E-state index in [1.807, 2.05) is 61.5 Å². The first-order valence-corrected chi connectivity index (χ1v) is 12.4. The molecule has 7 nitrogen and oxygen atoms in total. The number of carbonyl (C=O) groups excluding carboxylic acids is 1. The number of aromatic nitrogens is 1. The van der Waals surface area contributed by atoms with Crippen molar-refractivity contribution >= 4 is 15.9 Å². The first-order valence-electron chi connectivity index (χ1n) is 11.0. The number of nitrogens with one attached hydrogen (secondary N) is 1. The third-order valence-corrected chi connectivity index (χ3v) is 7.68. The van der Waals surface area contributed by atoms with Gasteiger partial charge in [-0.1, -0.05) is 35.9 Å². The highest BCUT2D eigenvalue weighted by Gasteiger charge is 2.28. The minimum Gasteiger partial charge on any atom is -0.346 e. The SMILES string of the molecule is Cc1ccc(S(=O)(=O)N2CCN(Cc3ccc(C(=O)NCc4ccccn4)cc3)CC2)cc1. The van der Waals surface area contributed by atoms with Gasteiger partial charge in [0.15, 0.2) is 0 Å². The molecule has 1 aromatic heterocycles.